The lowest BCUT2D eigenvalue weighted by molar-refractivity contribution is -0.383. The van der Waals surface area contributed by atoms with Gasteiger partial charge in [-0.2, -0.15) is 0 Å². The fraction of sp³-hybridized carbons (Fsp3) is 0.636. The van der Waals surface area contributed by atoms with E-state index in [0.717, 1.165) is 49.5 Å². The molecule has 0 unspecified atom stereocenters. The first kappa shape index (κ1) is 15.2. The normalized spacial score (nSPS) is 17.1. The SMILES string of the molecule is CNc1sc(S(=O)(=O)NC2CCCCC2)cc1[N+](=O)[O-]. The van der Waals surface area contributed by atoms with Gasteiger partial charge in [-0.25, -0.2) is 13.1 Å². The van der Waals surface area contributed by atoms with Gasteiger partial charge in [-0.3, -0.25) is 10.1 Å². The molecule has 1 heterocycles. The van der Waals surface area contributed by atoms with Crippen molar-refractivity contribution >= 4 is 32.0 Å². The summed E-state index contributed by atoms with van der Waals surface area (Å²) in [5, 5.41) is 13.8. The molecule has 1 aliphatic carbocycles. The Morgan fingerprint density at radius 3 is 2.50 bits per heavy atom. The van der Waals surface area contributed by atoms with E-state index in [9.17, 15) is 18.5 Å². The molecule has 2 rings (SSSR count). The van der Waals surface area contributed by atoms with Crippen molar-refractivity contribution in [3.8, 4) is 0 Å². The van der Waals surface area contributed by atoms with Gasteiger partial charge in [-0.05, 0) is 12.8 Å². The molecule has 9 heteroatoms. The van der Waals surface area contributed by atoms with Gasteiger partial charge in [-0.15, -0.1) is 0 Å². The summed E-state index contributed by atoms with van der Waals surface area (Å²) in [6, 6.07) is 1.05. The Morgan fingerprint density at radius 1 is 1.35 bits per heavy atom. The number of hydrogen-bond donors (Lipinski definition) is 2. The van der Waals surface area contributed by atoms with Crippen LogP contribution in [-0.4, -0.2) is 26.4 Å². The third-order valence-corrected chi connectivity index (χ3v) is 6.44. The number of anilines is 1. The van der Waals surface area contributed by atoms with E-state index in [1.165, 1.54) is 7.05 Å². The molecule has 1 aliphatic rings. The van der Waals surface area contributed by atoms with E-state index in [-0.39, 0.29) is 20.9 Å². The standard InChI is InChI=1S/C11H17N3O4S2/c1-12-11-9(14(15)16)7-10(19-11)20(17,18)13-8-5-3-2-4-6-8/h7-8,12-13H,2-6H2,1H3. The lowest BCUT2D eigenvalue weighted by atomic mass is 9.96. The molecule has 0 saturated heterocycles. The summed E-state index contributed by atoms with van der Waals surface area (Å²) in [4.78, 5) is 10.3. The number of rotatable bonds is 5. The van der Waals surface area contributed by atoms with E-state index in [0.29, 0.717) is 0 Å². The van der Waals surface area contributed by atoms with Gasteiger partial charge in [-0.1, -0.05) is 30.6 Å². The molecular weight excluding hydrogens is 302 g/mol. The third-order valence-electron chi connectivity index (χ3n) is 3.31. The van der Waals surface area contributed by atoms with Crippen molar-refractivity contribution in [1.29, 1.82) is 0 Å². The fourth-order valence-corrected chi connectivity index (χ4v) is 4.91. The van der Waals surface area contributed by atoms with Crippen LogP contribution in [0.1, 0.15) is 32.1 Å². The molecule has 0 aliphatic heterocycles. The Bertz CT molecular complexity index is 591. The molecule has 2 N–H and O–H groups in total. The zero-order valence-electron chi connectivity index (χ0n) is 11.1. The molecule has 0 radical (unpaired) electrons. The summed E-state index contributed by atoms with van der Waals surface area (Å²) in [6.07, 6.45) is 4.81. The van der Waals surface area contributed by atoms with Crippen molar-refractivity contribution in [1.82, 2.24) is 4.72 Å². The third kappa shape index (κ3) is 3.28. The molecule has 1 aromatic heterocycles. The summed E-state index contributed by atoms with van der Waals surface area (Å²) >= 11 is 0.880. The first-order valence-corrected chi connectivity index (χ1v) is 8.72. The molecule has 7 nitrogen and oxygen atoms in total. The van der Waals surface area contributed by atoms with Crippen LogP contribution >= 0.6 is 11.3 Å². The van der Waals surface area contributed by atoms with Crippen LogP contribution in [0, 0.1) is 10.1 Å². The highest BCUT2D eigenvalue weighted by Gasteiger charge is 2.28. The first-order valence-electron chi connectivity index (χ1n) is 6.42. The van der Waals surface area contributed by atoms with Gasteiger partial charge in [0.25, 0.3) is 10.0 Å². The van der Waals surface area contributed by atoms with Gasteiger partial charge in [0.15, 0.2) is 5.00 Å². The van der Waals surface area contributed by atoms with E-state index < -0.39 is 14.9 Å². The van der Waals surface area contributed by atoms with Gasteiger partial charge < -0.3 is 5.32 Å². The lowest BCUT2D eigenvalue weighted by Gasteiger charge is -2.22. The molecule has 1 aromatic rings. The Morgan fingerprint density at radius 2 is 2.00 bits per heavy atom. The van der Waals surface area contributed by atoms with Gasteiger partial charge in [0.05, 0.1) is 4.92 Å². The van der Waals surface area contributed by atoms with Crippen LogP contribution in [0.15, 0.2) is 10.3 Å². The second-order valence-electron chi connectivity index (χ2n) is 4.74. The van der Waals surface area contributed by atoms with Crippen molar-refractivity contribution in [2.75, 3.05) is 12.4 Å². The van der Waals surface area contributed by atoms with Crippen molar-refractivity contribution in [2.24, 2.45) is 0 Å². The summed E-state index contributed by atoms with van der Waals surface area (Å²) in [7, 11) is -2.15. The van der Waals surface area contributed by atoms with Crippen LogP contribution in [0.5, 0.6) is 0 Å². The quantitative estimate of drug-likeness (QED) is 0.640. The van der Waals surface area contributed by atoms with Gasteiger partial charge in [0.1, 0.15) is 4.21 Å². The fourth-order valence-electron chi connectivity index (χ4n) is 2.30. The predicted octanol–water partition coefficient (Wildman–Crippen LogP) is 2.31. The van der Waals surface area contributed by atoms with E-state index in [4.69, 9.17) is 0 Å². The Kier molecular flexibility index (Phi) is 4.61. The summed E-state index contributed by atoms with van der Waals surface area (Å²) in [5.41, 5.74) is -0.207. The van der Waals surface area contributed by atoms with Gasteiger partial charge in [0.2, 0.25) is 0 Å². The van der Waals surface area contributed by atoms with Crippen LogP contribution in [0.25, 0.3) is 0 Å². The highest BCUT2D eigenvalue weighted by Crippen LogP contribution is 2.36. The minimum Gasteiger partial charge on any atom is -0.374 e. The number of sulfonamides is 1. The second kappa shape index (κ2) is 6.06. The van der Waals surface area contributed by atoms with Gasteiger partial charge in [0, 0.05) is 19.2 Å². The zero-order chi connectivity index (χ0) is 14.8. The number of nitro groups is 1. The summed E-state index contributed by atoms with van der Waals surface area (Å²) in [6.45, 7) is 0. The van der Waals surface area contributed by atoms with Crippen LogP contribution in [-0.2, 0) is 10.0 Å². The van der Waals surface area contributed by atoms with Crippen LogP contribution in [0.2, 0.25) is 0 Å². The largest absolute Gasteiger partial charge is 0.374 e. The minimum absolute atomic E-state index is 0.0147. The maximum atomic E-state index is 12.3. The smallest absolute Gasteiger partial charge is 0.304 e. The molecule has 112 valence electrons. The molecule has 1 saturated carbocycles. The van der Waals surface area contributed by atoms with Crippen molar-refractivity contribution < 1.29 is 13.3 Å². The monoisotopic (exact) mass is 319 g/mol. The molecule has 0 atom stereocenters. The first-order chi connectivity index (χ1) is 9.44. The van der Waals surface area contributed by atoms with E-state index in [1.54, 1.807) is 0 Å². The van der Waals surface area contributed by atoms with E-state index in [1.807, 2.05) is 0 Å². The molecule has 0 bridgehead atoms. The maximum absolute atomic E-state index is 12.3. The summed E-state index contributed by atoms with van der Waals surface area (Å²) < 4.78 is 27.1. The highest BCUT2D eigenvalue weighted by molar-refractivity contribution is 7.91. The minimum atomic E-state index is -3.68. The van der Waals surface area contributed by atoms with Gasteiger partial charge >= 0.3 is 5.69 Å². The van der Waals surface area contributed by atoms with Crippen molar-refractivity contribution in [3.63, 3.8) is 0 Å². The highest BCUT2D eigenvalue weighted by atomic mass is 32.2. The average Bonchev–Trinajstić information content (AvgIpc) is 2.84. The number of nitrogens with zero attached hydrogens (tertiary/aromatic N) is 1. The lowest BCUT2D eigenvalue weighted by Crippen LogP contribution is -2.35. The molecule has 0 spiro atoms. The zero-order valence-corrected chi connectivity index (χ0v) is 12.7. The Labute approximate surface area is 121 Å². The molecule has 0 aromatic carbocycles. The molecular formula is C11H17N3O4S2. The number of nitrogens with one attached hydrogen (secondary N) is 2. The van der Waals surface area contributed by atoms with E-state index >= 15 is 0 Å². The van der Waals surface area contributed by atoms with Crippen LogP contribution < -0.4 is 10.0 Å². The average molecular weight is 319 g/mol. The summed E-state index contributed by atoms with van der Waals surface area (Å²) in [5.74, 6) is 0. The number of thiophene rings is 1. The van der Waals surface area contributed by atoms with Crippen molar-refractivity contribution in [2.45, 2.75) is 42.4 Å². The van der Waals surface area contributed by atoms with E-state index in [2.05, 4.69) is 10.0 Å². The molecule has 0 amide bonds. The second-order valence-corrected chi connectivity index (χ2v) is 7.74. The molecule has 1 fully saturated rings. The van der Waals surface area contributed by atoms with Crippen LogP contribution in [0.3, 0.4) is 0 Å². The maximum Gasteiger partial charge on any atom is 0.304 e. The van der Waals surface area contributed by atoms with Crippen LogP contribution in [0.4, 0.5) is 10.7 Å². The molecule has 20 heavy (non-hydrogen) atoms. The number of hydrogen-bond acceptors (Lipinski definition) is 6. The topological polar surface area (TPSA) is 101 Å². The van der Waals surface area contributed by atoms with Crippen molar-refractivity contribution in [3.05, 3.63) is 16.2 Å². The predicted molar refractivity (Wildman–Crippen MR) is 77.7 cm³/mol. The Hall–Kier alpha value is -1.19. The Balaban J connectivity index is 2.22.